The van der Waals surface area contributed by atoms with Crippen LogP contribution >= 0.6 is 56.7 Å². The second-order valence-corrected chi connectivity index (χ2v) is 6.35. The predicted molar refractivity (Wildman–Crippen MR) is 48.8 cm³/mol. The van der Waals surface area contributed by atoms with Crippen LogP contribution in [-0.4, -0.2) is 6.16 Å². The molecule has 4 nitrogen and oxygen atoms in total. The van der Waals surface area contributed by atoms with Crippen molar-refractivity contribution in [3.8, 4) is 6.07 Å². The van der Waals surface area contributed by atoms with Crippen molar-refractivity contribution >= 4 is 56.7 Å². The Morgan fingerprint density at radius 3 is 1.70 bits per heavy atom. The fourth-order valence-corrected chi connectivity index (χ4v) is 4.46. The summed E-state index contributed by atoms with van der Waals surface area (Å²) in [5.74, 6) is 0. The molecule has 0 rings (SSSR count). The van der Waals surface area contributed by atoms with Gasteiger partial charge in [-0.1, -0.05) is 0 Å². The molecule has 10 heavy (non-hydrogen) atoms. The number of hydrogen-bond donors (Lipinski definition) is 0. The van der Waals surface area contributed by atoms with Crippen LogP contribution in [0.1, 0.15) is 0 Å². The second kappa shape index (κ2) is 5.84. The quantitative estimate of drug-likeness (QED) is 0.724. The van der Waals surface area contributed by atoms with Gasteiger partial charge < -0.3 is 0 Å². The number of nitriles is 1. The first-order valence-electron chi connectivity index (χ1n) is 2.01. The molecule has 0 unspecified atom stereocenters. The summed E-state index contributed by atoms with van der Waals surface area (Å²) in [7, 11) is -2.83. The monoisotopic (exact) mass is 357 g/mol. The molecule has 0 atom stereocenters. The van der Waals surface area contributed by atoms with Gasteiger partial charge in [0.2, 0.25) is 0 Å². The maximum atomic E-state index is 8.28. The standard InChI is InChI=1S/C2H3Br3NO3P/c3-7-10(8-4,9-5)2-1-6/h10H,2H2. The molecule has 0 saturated heterocycles. The Morgan fingerprint density at radius 2 is 1.60 bits per heavy atom. The molecule has 0 aliphatic heterocycles. The molecule has 0 radical (unpaired) electrons. The van der Waals surface area contributed by atoms with Gasteiger partial charge in [-0.2, -0.15) is 0 Å². The molecule has 0 aromatic heterocycles. The first-order chi connectivity index (χ1) is 4.74. The molecule has 0 aromatic carbocycles. The Labute approximate surface area is 84.8 Å². The number of nitrogens with zero attached hydrogens (tertiary/aromatic N) is 1. The van der Waals surface area contributed by atoms with E-state index in [0.29, 0.717) is 0 Å². The van der Waals surface area contributed by atoms with Crippen molar-refractivity contribution in [2.75, 3.05) is 6.16 Å². The molecule has 0 aromatic rings. The van der Waals surface area contributed by atoms with Crippen LogP contribution in [0.2, 0.25) is 0 Å². The van der Waals surface area contributed by atoms with Crippen molar-refractivity contribution in [3.05, 3.63) is 0 Å². The molecule has 0 heterocycles. The van der Waals surface area contributed by atoms with Gasteiger partial charge in [0.05, 0.1) is 0 Å². The summed E-state index contributed by atoms with van der Waals surface area (Å²) in [6, 6.07) is 1.86. The van der Waals surface area contributed by atoms with Crippen molar-refractivity contribution in [1.82, 2.24) is 0 Å². The van der Waals surface area contributed by atoms with Gasteiger partial charge in [0, 0.05) is 0 Å². The molecule has 0 aliphatic rings. The Hall–Kier alpha value is 1.24. The van der Waals surface area contributed by atoms with E-state index in [1.807, 2.05) is 6.07 Å². The molecular weight excluding hydrogens is 357 g/mol. The van der Waals surface area contributed by atoms with E-state index < -0.39 is 7.94 Å². The van der Waals surface area contributed by atoms with E-state index in [4.69, 9.17) is 5.26 Å². The molecule has 0 amide bonds. The zero-order valence-corrected chi connectivity index (χ0v) is 10.3. The summed E-state index contributed by atoms with van der Waals surface area (Å²) >= 11 is 8.08. The molecule has 60 valence electrons. The van der Waals surface area contributed by atoms with Crippen LogP contribution < -0.4 is 0 Å². The van der Waals surface area contributed by atoms with Gasteiger partial charge in [0.25, 0.3) is 0 Å². The van der Waals surface area contributed by atoms with E-state index in [1.165, 1.54) is 0 Å². The van der Waals surface area contributed by atoms with Gasteiger partial charge >= 0.3 is 85.1 Å². The molecular formula is C2H3Br3NO3P. The van der Waals surface area contributed by atoms with Crippen molar-refractivity contribution in [3.63, 3.8) is 0 Å². The maximum absolute atomic E-state index is 8.28. The minimum absolute atomic E-state index is 0.0503. The molecule has 0 fully saturated rings. The third kappa shape index (κ3) is 3.09. The van der Waals surface area contributed by atoms with E-state index in [2.05, 4.69) is 59.6 Å². The van der Waals surface area contributed by atoms with Crippen LogP contribution in [-0.2, 0) is 10.8 Å². The van der Waals surface area contributed by atoms with Gasteiger partial charge in [-0.15, -0.1) is 0 Å². The van der Waals surface area contributed by atoms with Crippen molar-refractivity contribution in [2.45, 2.75) is 0 Å². The predicted octanol–water partition coefficient (Wildman–Crippen LogP) is 2.98. The second-order valence-electron chi connectivity index (χ2n) is 1.25. The Bertz CT molecular complexity index is 126. The van der Waals surface area contributed by atoms with Gasteiger partial charge in [0.1, 0.15) is 0 Å². The first kappa shape index (κ1) is 11.2. The fraction of sp³-hybridized carbons (Fsp3) is 0.500. The van der Waals surface area contributed by atoms with Gasteiger partial charge in [-0.05, 0) is 0 Å². The van der Waals surface area contributed by atoms with Crippen LogP contribution in [0.3, 0.4) is 0 Å². The summed E-state index contributed by atoms with van der Waals surface area (Å²) in [4.78, 5) is 0. The summed E-state index contributed by atoms with van der Waals surface area (Å²) in [5.41, 5.74) is 0. The van der Waals surface area contributed by atoms with E-state index >= 15 is 0 Å². The van der Waals surface area contributed by atoms with Crippen molar-refractivity contribution < 1.29 is 10.8 Å². The van der Waals surface area contributed by atoms with E-state index in [-0.39, 0.29) is 6.16 Å². The van der Waals surface area contributed by atoms with Gasteiger partial charge in [0.15, 0.2) is 0 Å². The van der Waals surface area contributed by atoms with E-state index in [1.54, 1.807) is 0 Å². The zero-order valence-electron chi connectivity index (χ0n) is 4.51. The molecule has 0 spiro atoms. The van der Waals surface area contributed by atoms with Gasteiger partial charge in [-0.3, -0.25) is 0 Å². The van der Waals surface area contributed by atoms with Crippen molar-refractivity contribution in [1.29, 1.82) is 5.26 Å². The summed E-state index contributed by atoms with van der Waals surface area (Å²) in [6.07, 6.45) is 0.0503. The van der Waals surface area contributed by atoms with Crippen LogP contribution in [0.4, 0.5) is 0 Å². The number of rotatable bonds is 4. The first-order valence-corrected chi connectivity index (χ1v) is 5.88. The fourth-order valence-electron chi connectivity index (χ4n) is 0.214. The Morgan fingerprint density at radius 1 is 1.20 bits per heavy atom. The van der Waals surface area contributed by atoms with Crippen molar-refractivity contribution in [2.24, 2.45) is 0 Å². The molecule has 0 aliphatic carbocycles. The third-order valence-electron chi connectivity index (χ3n) is 0.648. The Kier molecular flexibility index (Phi) is 6.56. The van der Waals surface area contributed by atoms with Gasteiger partial charge in [-0.25, -0.2) is 0 Å². The van der Waals surface area contributed by atoms with Crippen LogP contribution in [0.25, 0.3) is 0 Å². The third-order valence-corrected chi connectivity index (χ3v) is 6.38. The van der Waals surface area contributed by atoms with Crippen LogP contribution in [0.5, 0.6) is 0 Å². The van der Waals surface area contributed by atoms with E-state index in [0.717, 1.165) is 0 Å². The zero-order chi connectivity index (χ0) is 8.04. The number of hydrogen-bond acceptors (Lipinski definition) is 4. The number of halogens is 3. The van der Waals surface area contributed by atoms with Crippen LogP contribution in [0.15, 0.2) is 0 Å². The van der Waals surface area contributed by atoms with E-state index in [9.17, 15) is 0 Å². The molecule has 0 bridgehead atoms. The SMILES string of the molecule is N#CC[PH](OBr)(OBr)OBr. The Balaban J connectivity index is 4.04. The van der Waals surface area contributed by atoms with Crippen LogP contribution in [0, 0.1) is 11.3 Å². The topological polar surface area (TPSA) is 51.5 Å². The minimum atomic E-state index is -2.83. The summed E-state index contributed by atoms with van der Waals surface area (Å²) in [6.45, 7) is 0. The molecule has 0 N–H and O–H groups in total. The average molecular weight is 360 g/mol. The normalized spacial score (nSPS) is 12.6. The molecule has 8 heteroatoms. The average Bonchev–Trinajstić information content (AvgIpc) is 2.01. The molecule has 0 saturated carbocycles. The summed E-state index contributed by atoms with van der Waals surface area (Å²) in [5, 5.41) is 8.28. The summed E-state index contributed by atoms with van der Waals surface area (Å²) < 4.78 is 14.0.